The lowest BCUT2D eigenvalue weighted by molar-refractivity contribution is 0.0895. The van der Waals surface area contributed by atoms with Gasteiger partial charge in [-0.25, -0.2) is 17.7 Å². The van der Waals surface area contributed by atoms with Crippen LogP contribution in [0.2, 0.25) is 0 Å². The van der Waals surface area contributed by atoms with E-state index in [4.69, 9.17) is 4.42 Å². The second-order valence-corrected chi connectivity index (χ2v) is 8.12. The monoisotopic (exact) mass is 363 g/mol. The Kier molecular flexibility index (Phi) is 5.19. The van der Waals surface area contributed by atoms with Gasteiger partial charge in [-0.3, -0.25) is 4.79 Å². The molecule has 1 aromatic heterocycles. The number of rotatable bonds is 5. The number of aromatic nitrogens is 1. The molecule has 0 bridgehead atoms. The number of amides is 1. The van der Waals surface area contributed by atoms with Gasteiger partial charge in [-0.2, -0.15) is 0 Å². The van der Waals surface area contributed by atoms with E-state index >= 15 is 0 Å². The predicted octanol–water partition coefficient (Wildman–Crippen LogP) is 1.71. The summed E-state index contributed by atoms with van der Waals surface area (Å²) >= 11 is 0. The number of hydrogen-bond acceptors (Lipinski definition) is 5. The van der Waals surface area contributed by atoms with E-state index < -0.39 is 10.0 Å². The van der Waals surface area contributed by atoms with Crippen LogP contribution in [0.4, 0.5) is 0 Å². The average Bonchev–Trinajstić information content (AvgIpc) is 3.02. The molecule has 1 aliphatic rings. The minimum Gasteiger partial charge on any atom is -0.438 e. The molecule has 8 heteroatoms. The zero-order valence-electron chi connectivity index (χ0n) is 14.0. The molecule has 2 heterocycles. The Balaban J connectivity index is 1.54. The molecule has 1 amide bonds. The third kappa shape index (κ3) is 4.26. The quantitative estimate of drug-likeness (QED) is 0.873. The van der Waals surface area contributed by atoms with Crippen molar-refractivity contribution in [3.63, 3.8) is 0 Å². The molecule has 1 aliphatic heterocycles. The number of hydrogen-bond donors (Lipinski definition) is 1. The first-order valence-electron chi connectivity index (χ1n) is 8.18. The van der Waals surface area contributed by atoms with Gasteiger partial charge in [0.2, 0.25) is 15.8 Å². The van der Waals surface area contributed by atoms with Gasteiger partial charge >= 0.3 is 0 Å². The van der Waals surface area contributed by atoms with Gasteiger partial charge in [0.15, 0.2) is 6.39 Å². The normalized spacial score (nSPS) is 16.7. The minimum absolute atomic E-state index is 0.00211. The summed E-state index contributed by atoms with van der Waals surface area (Å²) in [6.45, 7) is 2.50. The van der Waals surface area contributed by atoms with Gasteiger partial charge in [0.05, 0.1) is 11.4 Å². The van der Waals surface area contributed by atoms with Crippen LogP contribution in [0.5, 0.6) is 0 Å². The lowest BCUT2D eigenvalue weighted by Gasteiger charge is -2.31. The van der Waals surface area contributed by atoms with E-state index in [1.807, 2.05) is 30.3 Å². The highest BCUT2D eigenvalue weighted by molar-refractivity contribution is 7.88. The van der Waals surface area contributed by atoms with Crippen LogP contribution in [0.1, 0.15) is 34.7 Å². The number of nitrogens with zero attached hydrogens (tertiary/aromatic N) is 2. The molecule has 1 saturated heterocycles. The second-order valence-electron chi connectivity index (χ2n) is 6.16. The highest BCUT2D eigenvalue weighted by Crippen LogP contribution is 2.18. The standard InChI is InChI=1S/C17H21N3O4S/c1-13-16(24-12-18-13)17(21)19-15-7-9-20(10-8-15)25(22,23)11-14-5-3-2-4-6-14/h2-6,12,15H,7-11H2,1H3,(H,19,21). The van der Waals surface area contributed by atoms with Crippen LogP contribution < -0.4 is 5.32 Å². The lowest BCUT2D eigenvalue weighted by Crippen LogP contribution is -2.46. The van der Waals surface area contributed by atoms with E-state index in [2.05, 4.69) is 10.3 Å². The van der Waals surface area contributed by atoms with Crippen LogP contribution in [-0.2, 0) is 15.8 Å². The molecule has 0 aliphatic carbocycles. The van der Waals surface area contributed by atoms with Crippen molar-refractivity contribution in [3.05, 3.63) is 53.7 Å². The van der Waals surface area contributed by atoms with Crippen LogP contribution >= 0.6 is 0 Å². The first kappa shape index (κ1) is 17.6. The van der Waals surface area contributed by atoms with Crippen molar-refractivity contribution in [1.82, 2.24) is 14.6 Å². The molecule has 3 rings (SSSR count). The number of piperidine rings is 1. The SMILES string of the molecule is Cc1ncoc1C(=O)NC1CCN(S(=O)(=O)Cc2ccccc2)CC1. The maximum absolute atomic E-state index is 12.5. The zero-order chi connectivity index (χ0) is 17.9. The largest absolute Gasteiger partial charge is 0.438 e. The number of benzene rings is 1. The van der Waals surface area contributed by atoms with Gasteiger partial charge in [0.25, 0.3) is 5.91 Å². The summed E-state index contributed by atoms with van der Waals surface area (Å²) in [4.78, 5) is 16.0. The second kappa shape index (κ2) is 7.37. The predicted molar refractivity (Wildman–Crippen MR) is 92.4 cm³/mol. The Bertz CT molecular complexity index is 825. The molecule has 2 aromatic rings. The van der Waals surface area contributed by atoms with E-state index in [1.165, 1.54) is 10.7 Å². The van der Waals surface area contributed by atoms with E-state index in [0.717, 1.165) is 5.56 Å². The van der Waals surface area contributed by atoms with E-state index in [0.29, 0.717) is 31.6 Å². The van der Waals surface area contributed by atoms with Crippen LogP contribution in [0, 0.1) is 6.92 Å². The summed E-state index contributed by atoms with van der Waals surface area (Å²) in [5.41, 5.74) is 1.32. The van der Waals surface area contributed by atoms with Crippen molar-refractivity contribution in [2.24, 2.45) is 0 Å². The Morgan fingerprint density at radius 3 is 2.56 bits per heavy atom. The molecule has 1 N–H and O–H groups in total. The van der Waals surface area contributed by atoms with Crippen molar-refractivity contribution in [2.75, 3.05) is 13.1 Å². The third-order valence-electron chi connectivity index (χ3n) is 4.33. The number of carbonyl (C=O) groups is 1. The van der Waals surface area contributed by atoms with Crippen molar-refractivity contribution in [3.8, 4) is 0 Å². The lowest BCUT2D eigenvalue weighted by atomic mass is 10.1. The summed E-state index contributed by atoms with van der Waals surface area (Å²) in [5, 5.41) is 2.89. The molecule has 0 saturated carbocycles. The van der Waals surface area contributed by atoms with Crippen LogP contribution in [-0.4, -0.2) is 42.7 Å². The number of sulfonamides is 1. The molecule has 7 nitrogen and oxygen atoms in total. The highest BCUT2D eigenvalue weighted by atomic mass is 32.2. The molecular formula is C17H21N3O4S. The fourth-order valence-electron chi connectivity index (χ4n) is 2.93. The maximum Gasteiger partial charge on any atom is 0.289 e. The Hall–Kier alpha value is -2.19. The van der Waals surface area contributed by atoms with Crippen LogP contribution in [0.25, 0.3) is 0 Å². The maximum atomic E-state index is 12.5. The van der Waals surface area contributed by atoms with Crippen molar-refractivity contribution in [2.45, 2.75) is 31.6 Å². The molecule has 1 fully saturated rings. The Morgan fingerprint density at radius 1 is 1.28 bits per heavy atom. The number of nitrogens with one attached hydrogen (secondary N) is 1. The number of carbonyl (C=O) groups excluding carboxylic acids is 1. The number of aryl methyl sites for hydroxylation is 1. The molecule has 0 spiro atoms. The minimum atomic E-state index is -3.35. The highest BCUT2D eigenvalue weighted by Gasteiger charge is 2.29. The molecule has 0 atom stereocenters. The van der Waals surface area contributed by atoms with Gasteiger partial charge in [-0.05, 0) is 25.3 Å². The van der Waals surface area contributed by atoms with E-state index in [-0.39, 0.29) is 23.5 Å². The molecule has 0 radical (unpaired) electrons. The topological polar surface area (TPSA) is 92.5 Å². The molecule has 134 valence electrons. The van der Waals surface area contributed by atoms with Crippen molar-refractivity contribution < 1.29 is 17.6 Å². The fourth-order valence-corrected chi connectivity index (χ4v) is 4.49. The summed E-state index contributed by atoms with van der Waals surface area (Å²) in [7, 11) is -3.35. The Labute approximate surface area is 147 Å². The summed E-state index contributed by atoms with van der Waals surface area (Å²) in [6.07, 6.45) is 2.39. The fraction of sp³-hybridized carbons (Fsp3) is 0.412. The van der Waals surface area contributed by atoms with Gasteiger partial charge in [-0.15, -0.1) is 0 Å². The summed E-state index contributed by atoms with van der Waals surface area (Å²) in [5.74, 6) is -0.0954. The molecule has 0 unspecified atom stereocenters. The first-order chi connectivity index (χ1) is 12.0. The summed E-state index contributed by atoms with van der Waals surface area (Å²) < 4.78 is 31.6. The smallest absolute Gasteiger partial charge is 0.289 e. The average molecular weight is 363 g/mol. The third-order valence-corrected chi connectivity index (χ3v) is 6.18. The Morgan fingerprint density at radius 2 is 1.96 bits per heavy atom. The zero-order valence-corrected chi connectivity index (χ0v) is 14.8. The van der Waals surface area contributed by atoms with Gasteiger partial charge in [0.1, 0.15) is 0 Å². The first-order valence-corrected chi connectivity index (χ1v) is 9.79. The molecule has 1 aromatic carbocycles. The van der Waals surface area contributed by atoms with Crippen molar-refractivity contribution >= 4 is 15.9 Å². The van der Waals surface area contributed by atoms with Crippen molar-refractivity contribution in [1.29, 1.82) is 0 Å². The van der Waals surface area contributed by atoms with E-state index in [1.54, 1.807) is 6.92 Å². The van der Waals surface area contributed by atoms with Gasteiger partial charge < -0.3 is 9.73 Å². The van der Waals surface area contributed by atoms with Gasteiger partial charge in [0, 0.05) is 19.1 Å². The van der Waals surface area contributed by atoms with E-state index in [9.17, 15) is 13.2 Å². The number of oxazole rings is 1. The summed E-state index contributed by atoms with van der Waals surface area (Å²) in [6, 6.07) is 9.07. The molecule has 25 heavy (non-hydrogen) atoms. The van der Waals surface area contributed by atoms with Crippen LogP contribution in [0.3, 0.4) is 0 Å². The molecular weight excluding hydrogens is 342 g/mol. The van der Waals surface area contributed by atoms with Crippen LogP contribution in [0.15, 0.2) is 41.1 Å². The van der Waals surface area contributed by atoms with Gasteiger partial charge in [-0.1, -0.05) is 30.3 Å².